The number of aryl methyl sites for hydroxylation is 1. The number of hydrogen-bond donors (Lipinski definition) is 2. The second-order valence-electron chi connectivity index (χ2n) is 6.51. The first-order chi connectivity index (χ1) is 14.3. The molecule has 0 aliphatic rings. The summed E-state index contributed by atoms with van der Waals surface area (Å²) in [6.07, 6.45) is -2.87. The minimum Gasteiger partial charge on any atom is -0.457 e. The van der Waals surface area contributed by atoms with E-state index in [1.165, 1.54) is 18.3 Å². The average molecular weight is 416 g/mol. The van der Waals surface area contributed by atoms with E-state index in [1.807, 2.05) is 0 Å². The van der Waals surface area contributed by atoms with E-state index in [4.69, 9.17) is 9.84 Å². The van der Waals surface area contributed by atoms with Gasteiger partial charge in [0.1, 0.15) is 11.5 Å². The molecule has 0 aliphatic carbocycles. The van der Waals surface area contributed by atoms with E-state index >= 15 is 0 Å². The van der Waals surface area contributed by atoms with Gasteiger partial charge in [-0.1, -0.05) is 6.07 Å². The maximum absolute atomic E-state index is 12.7. The molecule has 0 aliphatic heterocycles. The first-order valence-electron chi connectivity index (χ1n) is 9.09. The number of alkyl halides is 3. The number of carbonyl (C=O) groups is 1. The molecule has 0 unspecified atom stereocenters. The number of aliphatic hydroxyl groups is 1. The number of aliphatic hydroxyl groups excluding tert-OH is 1. The van der Waals surface area contributed by atoms with Gasteiger partial charge < -0.3 is 15.2 Å². The highest BCUT2D eigenvalue weighted by Crippen LogP contribution is 2.32. The topological polar surface area (TPSA) is 71.5 Å². The van der Waals surface area contributed by atoms with Gasteiger partial charge in [-0.2, -0.15) is 13.2 Å². The van der Waals surface area contributed by atoms with Crippen molar-refractivity contribution in [3.63, 3.8) is 0 Å². The van der Waals surface area contributed by atoms with Crippen molar-refractivity contribution in [2.24, 2.45) is 0 Å². The van der Waals surface area contributed by atoms with Crippen LogP contribution in [-0.4, -0.2) is 29.1 Å². The minimum absolute atomic E-state index is 0.140. The fourth-order valence-electron chi connectivity index (χ4n) is 2.82. The van der Waals surface area contributed by atoms with Crippen LogP contribution in [-0.2, 0) is 6.18 Å². The molecule has 30 heavy (non-hydrogen) atoms. The maximum atomic E-state index is 12.7. The number of halogens is 3. The molecule has 8 heteroatoms. The fourth-order valence-corrected chi connectivity index (χ4v) is 2.82. The summed E-state index contributed by atoms with van der Waals surface area (Å²) in [6.45, 7) is 1.82. The molecule has 2 N–H and O–H groups in total. The molecule has 0 saturated heterocycles. The molecule has 156 valence electrons. The van der Waals surface area contributed by atoms with Crippen LogP contribution in [0.4, 0.5) is 13.2 Å². The molecular weight excluding hydrogens is 397 g/mol. The summed E-state index contributed by atoms with van der Waals surface area (Å²) in [5.41, 5.74) is 1.82. The van der Waals surface area contributed by atoms with Crippen molar-refractivity contribution in [3.05, 3.63) is 77.5 Å². The second kappa shape index (κ2) is 8.96. The van der Waals surface area contributed by atoms with Crippen LogP contribution in [0.15, 0.2) is 60.8 Å². The normalized spacial score (nSPS) is 11.2. The number of rotatable bonds is 6. The van der Waals surface area contributed by atoms with Gasteiger partial charge in [0.15, 0.2) is 0 Å². The van der Waals surface area contributed by atoms with Gasteiger partial charge in [0.25, 0.3) is 5.91 Å². The molecule has 1 amide bonds. The summed E-state index contributed by atoms with van der Waals surface area (Å²) in [5, 5.41) is 11.4. The van der Waals surface area contributed by atoms with E-state index in [0.29, 0.717) is 17.0 Å². The third-order valence-corrected chi connectivity index (χ3v) is 4.31. The Kier molecular flexibility index (Phi) is 6.37. The molecule has 3 aromatic rings. The molecule has 0 atom stereocenters. The summed E-state index contributed by atoms with van der Waals surface area (Å²) in [4.78, 5) is 16.4. The van der Waals surface area contributed by atoms with E-state index in [-0.39, 0.29) is 24.8 Å². The van der Waals surface area contributed by atoms with E-state index in [0.717, 1.165) is 23.3 Å². The number of benzene rings is 2. The molecule has 1 aromatic heterocycles. The van der Waals surface area contributed by atoms with Crippen molar-refractivity contribution < 1.29 is 27.8 Å². The van der Waals surface area contributed by atoms with E-state index in [2.05, 4.69) is 10.3 Å². The van der Waals surface area contributed by atoms with Gasteiger partial charge in [-0.25, -0.2) is 0 Å². The molecule has 0 bridgehead atoms. The lowest BCUT2D eigenvalue weighted by atomic mass is 10.0. The van der Waals surface area contributed by atoms with Gasteiger partial charge >= 0.3 is 6.18 Å². The van der Waals surface area contributed by atoms with Crippen molar-refractivity contribution in [2.75, 3.05) is 13.2 Å². The third kappa shape index (κ3) is 5.15. The number of amides is 1. The lowest BCUT2D eigenvalue weighted by molar-refractivity contribution is -0.137. The Labute approximate surface area is 171 Å². The Hall–Kier alpha value is -3.39. The van der Waals surface area contributed by atoms with Crippen LogP contribution in [0.25, 0.3) is 11.3 Å². The van der Waals surface area contributed by atoms with Crippen LogP contribution in [0, 0.1) is 6.92 Å². The van der Waals surface area contributed by atoms with Crippen LogP contribution in [0.5, 0.6) is 11.5 Å². The van der Waals surface area contributed by atoms with Crippen molar-refractivity contribution in [1.82, 2.24) is 10.3 Å². The number of nitrogens with zero attached hydrogens (tertiary/aromatic N) is 1. The molecule has 0 saturated carbocycles. The largest absolute Gasteiger partial charge is 0.457 e. The molecule has 5 nitrogen and oxygen atoms in total. The highest BCUT2D eigenvalue weighted by Gasteiger charge is 2.30. The van der Waals surface area contributed by atoms with Crippen LogP contribution < -0.4 is 10.1 Å². The first kappa shape index (κ1) is 21.3. The molecular formula is C22H19F3N2O3. The van der Waals surface area contributed by atoms with Crippen molar-refractivity contribution in [3.8, 4) is 22.8 Å². The number of ether oxygens (including phenoxy) is 1. The summed E-state index contributed by atoms with van der Waals surface area (Å²) < 4.78 is 43.7. The highest BCUT2D eigenvalue weighted by atomic mass is 19.4. The van der Waals surface area contributed by atoms with E-state index in [1.54, 1.807) is 37.3 Å². The van der Waals surface area contributed by atoms with Gasteiger partial charge in [-0.15, -0.1) is 0 Å². The molecule has 1 heterocycles. The zero-order chi connectivity index (χ0) is 21.7. The average Bonchev–Trinajstić information content (AvgIpc) is 2.72. The number of aromatic nitrogens is 1. The van der Waals surface area contributed by atoms with E-state index < -0.39 is 11.7 Å². The lowest BCUT2D eigenvalue weighted by Gasteiger charge is -2.11. The van der Waals surface area contributed by atoms with Gasteiger partial charge in [-0.05, 0) is 55.0 Å². The number of hydrogen-bond acceptors (Lipinski definition) is 4. The molecule has 3 rings (SSSR count). The SMILES string of the molecule is Cc1cc(-c2cc(Oc3ccc(C(F)(F)F)cc3)ccn2)ccc1C(=O)NCCO. The quantitative estimate of drug-likeness (QED) is 0.617. The zero-order valence-corrected chi connectivity index (χ0v) is 16.0. The van der Waals surface area contributed by atoms with Crippen LogP contribution in [0.2, 0.25) is 0 Å². The van der Waals surface area contributed by atoms with Crippen molar-refractivity contribution in [2.45, 2.75) is 13.1 Å². The Morgan fingerprint density at radius 1 is 1.07 bits per heavy atom. The monoisotopic (exact) mass is 416 g/mol. The van der Waals surface area contributed by atoms with Gasteiger partial charge in [0, 0.05) is 29.9 Å². The number of carbonyl (C=O) groups excluding carboxylic acids is 1. The number of nitrogens with one attached hydrogen (secondary N) is 1. The number of pyridine rings is 1. The summed E-state index contributed by atoms with van der Waals surface area (Å²) in [5.74, 6) is 0.412. The molecule has 0 fully saturated rings. The smallest absolute Gasteiger partial charge is 0.416 e. The van der Waals surface area contributed by atoms with Gasteiger partial charge in [-0.3, -0.25) is 9.78 Å². The summed E-state index contributed by atoms with van der Waals surface area (Å²) in [7, 11) is 0. The zero-order valence-electron chi connectivity index (χ0n) is 16.0. The Morgan fingerprint density at radius 3 is 2.43 bits per heavy atom. The minimum atomic E-state index is -4.40. The predicted molar refractivity (Wildman–Crippen MR) is 105 cm³/mol. The summed E-state index contributed by atoms with van der Waals surface area (Å²) in [6, 6.07) is 12.9. The van der Waals surface area contributed by atoms with Gasteiger partial charge in [0.2, 0.25) is 0 Å². The fraction of sp³-hybridized carbons (Fsp3) is 0.182. The molecule has 0 spiro atoms. The van der Waals surface area contributed by atoms with Crippen LogP contribution in [0.3, 0.4) is 0 Å². The Bertz CT molecular complexity index is 1030. The Balaban J connectivity index is 1.78. The predicted octanol–water partition coefficient (Wildman–Crippen LogP) is 4.59. The second-order valence-corrected chi connectivity index (χ2v) is 6.51. The third-order valence-electron chi connectivity index (χ3n) is 4.31. The standard InChI is InChI=1S/C22H19F3N2O3/c1-14-12-15(2-7-19(14)21(29)27-10-11-28)20-13-18(8-9-26-20)30-17-5-3-16(4-6-17)22(23,24)25/h2-9,12-13,28H,10-11H2,1H3,(H,27,29). The Morgan fingerprint density at radius 2 is 1.80 bits per heavy atom. The lowest BCUT2D eigenvalue weighted by Crippen LogP contribution is -2.26. The summed E-state index contributed by atoms with van der Waals surface area (Å²) >= 11 is 0. The van der Waals surface area contributed by atoms with Gasteiger partial charge in [0.05, 0.1) is 17.9 Å². The molecule has 2 aromatic carbocycles. The van der Waals surface area contributed by atoms with Crippen molar-refractivity contribution in [1.29, 1.82) is 0 Å². The van der Waals surface area contributed by atoms with Crippen molar-refractivity contribution >= 4 is 5.91 Å². The van der Waals surface area contributed by atoms with Crippen LogP contribution in [0.1, 0.15) is 21.5 Å². The first-order valence-corrected chi connectivity index (χ1v) is 9.09. The highest BCUT2D eigenvalue weighted by molar-refractivity contribution is 5.96. The molecule has 0 radical (unpaired) electrons. The maximum Gasteiger partial charge on any atom is 0.416 e. The van der Waals surface area contributed by atoms with Crippen LogP contribution >= 0.6 is 0 Å². The van der Waals surface area contributed by atoms with E-state index in [9.17, 15) is 18.0 Å².